The molecular formula is C10H15NO5. The van der Waals surface area contributed by atoms with Crippen LogP contribution in [-0.2, 0) is 19.1 Å². The molecule has 2 rings (SSSR count). The Labute approximate surface area is 93.1 Å². The first-order valence-corrected chi connectivity index (χ1v) is 5.43. The van der Waals surface area contributed by atoms with Crippen molar-refractivity contribution in [2.24, 2.45) is 0 Å². The number of nitrogens with zero attached hydrogens (tertiary/aromatic N) is 1. The van der Waals surface area contributed by atoms with Gasteiger partial charge in [-0.05, 0) is 12.8 Å². The number of carboxylic acid groups (broad SMARTS) is 1. The van der Waals surface area contributed by atoms with Crippen LogP contribution in [-0.4, -0.2) is 60.4 Å². The summed E-state index contributed by atoms with van der Waals surface area (Å²) in [6.07, 6.45) is 0.624. The molecular weight excluding hydrogens is 214 g/mol. The summed E-state index contributed by atoms with van der Waals surface area (Å²) < 4.78 is 10.4. The summed E-state index contributed by atoms with van der Waals surface area (Å²) in [6.45, 7) is 1.60. The lowest BCUT2D eigenvalue weighted by atomic mass is 10.2. The Balaban J connectivity index is 1.99. The van der Waals surface area contributed by atoms with Gasteiger partial charge in [-0.3, -0.25) is 4.79 Å². The Bertz CT molecular complexity index is 287. The number of hydrogen-bond donors (Lipinski definition) is 1. The highest BCUT2D eigenvalue weighted by atomic mass is 16.6. The van der Waals surface area contributed by atoms with Crippen molar-refractivity contribution in [3.63, 3.8) is 0 Å². The lowest BCUT2D eigenvalue weighted by Gasteiger charge is -2.28. The van der Waals surface area contributed by atoms with Crippen LogP contribution < -0.4 is 0 Å². The molecule has 90 valence electrons. The van der Waals surface area contributed by atoms with Crippen molar-refractivity contribution in [3.05, 3.63) is 0 Å². The molecule has 2 heterocycles. The summed E-state index contributed by atoms with van der Waals surface area (Å²) in [4.78, 5) is 24.3. The standard InChI is InChI=1S/C10H15NO5/c12-9(8-6-15-4-5-16-8)11-3-1-2-7(11)10(13)14/h7-8H,1-6H2,(H,13,14)/t7-,8?/m0/s1. The number of amides is 1. The highest BCUT2D eigenvalue weighted by Crippen LogP contribution is 2.19. The van der Waals surface area contributed by atoms with E-state index in [0.29, 0.717) is 26.2 Å². The third-order valence-corrected chi connectivity index (χ3v) is 2.91. The molecule has 2 aliphatic heterocycles. The topological polar surface area (TPSA) is 76.1 Å². The molecule has 0 aliphatic carbocycles. The third kappa shape index (κ3) is 2.17. The number of likely N-dealkylation sites (tertiary alicyclic amines) is 1. The zero-order valence-corrected chi connectivity index (χ0v) is 8.92. The predicted octanol–water partition coefficient (Wildman–Crippen LogP) is -0.523. The Kier molecular flexibility index (Phi) is 3.40. The van der Waals surface area contributed by atoms with Gasteiger partial charge in [-0.25, -0.2) is 4.79 Å². The van der Waals surface area contributed by atoms with E-state index >= 15 is 0 Å². The fourth-order valence-electron chi connectivity index (χ4n) is 2.10. The van der Waals surface area contributed by atoms with Crippen molar-refractivity contribution in [2.45, 2.75) is 25.0 Å². The summed E-state index contributed by atoms with van der Waals surface area (Å²) in [5, 5.41) is 8.96. The van der Waals surface area contributed by atoms with Crippen molar-refractivity contribution >= 4 is 11.9 Å². The second kappa shape index (κ2) is 4.80. The van der Waals surface area contributed by atoms with Gasteiger partial charge in [0.05, 0.1) is 19.8 Å². The molecule has 6 heteroatoms. The third-order valence-electron chi connectivity index (χ3n) is 2.91. The SMILES string of the molecule is O=C(O)[C@@H]1CCCN1C(=O)C1COCCO1. The predicted molar refractivity (Wildman–Crippen MR) is 52.9 cm³/mol. The first-order valence-electron chi connectivity index (χ1n) is 5.43. The first-order chi connectivity index (χ1) is 7.70. The maximum atomic E-state index is 12.0. The quantitative estimate of drug-likeness (QED) is 0.689. The molecule has 2 atom stereocenters. The van der Waals surface area contributed by atoms with E-state index in [4.69, 9.17) is 14.6 Å². The van der Waals surface area contributed by atoms with Crippen molar-refractivity contribution < 1.29 is 24.2 Å². The summed E-state index contributed by atoms with van der Waals surface area (Å²) in [5.41, 5.74) is 0. The zero-order chi connectivity index (χ0) is 11.5. The van der Waals surface area contributed by atoms with Crippen LogP contribution in [0.5, 0.6) is 0 Å². The van der Waals surface area contributed by atoms with Gasteiger partial charge in [0.1, 0.15) is 6.04 Å². The second-order valence-electron chi connectivity index (χ2n) is 3.96. The molecule has 2 saturated heterocycles. The van der Waals surface area contributed by atoms with E-state index in [2.05, 4.69) is 0 Å². The monoisotopic (exact) mass is 229 g/mol. The van der Waals surface area contributed by atoms with Crippen LogP contribution in [0, 0.1) is 0 Å². The van der Waals surface area contributed by atoms with Crippen LogP contribution in [0.3, 0.4) is 0 Å². The maximum absolute atomic E-state index is 12.0. The average molecular weight is 229 g/mol. The van der Waals surface area contributed by atoms with Gasteiger partial charge < -0.3 is 19.5 Å². The Morgan fingerprint density at radius 2 is 2.12 bits per heavy atom. The minimum Gasteiger partial charge on any atom is -0.480 e. The number of ether oxygens (including phenoxy) is 2. The van der Waals surface area contributed by atoms with E-state index < -0.39 is 18.1 Å². The van der Waals surface area contributed by atoms with Gasteiger partial charge in [0, 0.05) is 6.54 Å². The summed E-state index contributed by atoms with van der Waals surface area (Å²) in [6, 6.07) is -0.696. The van der Waals surface area contributed by atoms with Gasteiger partial charge in [0.2, 0.25) is 0 Å². The lowest BCUT2D eigenvalue weighted by molar-refractivity contribution is -0.163. The normalized spacial score (nSPS) is 30.4. The number of aliphatic carboxylic acids is 1. The van der Waals surface area contributed by atoms with Gasteiger partial charge in [0.15, 0.2) is 6.10 Å². The minimum absolute atomic E-state index is 0.224. The van der Waals surface area contributed by atoms with Crippen molar-refractivity contribution in [2.75, 3.05) is 26.4 Å². The minimum atomic E-state index is -0.942. The molecule has 2 aliphatic rings. The highest BCUT2D eigenvalue weighted by Gasteiger charge is 2.38. The van der Waals surface area contributed by atoms with Crippen molar-refractivity contribution in [3.8, 4) is 0 Å². The Morgan fingerprint density at radius 1 is 1.31 bits per heavy atom. The summed E-state index contributed by atoms with van der Waals surface area (Å²) >= 11 is 0. The maximum Gasteiger partial charge on any atom is 0.326 e. The van der Waals surface area contributed by atoms with Gasteiger partial charge in [-0.15, -0.1) is 0 Å². The molecule has 0 aromatic carbocycles. The Hall–Kier alpha value is -1.14. The van der Waals surface area contributed by atoms with E-state index in [1.165, 1.54) is 4.90 Å². The number of carbonyl (C=O) groups excluding carboxylic acids is 1. The molecule has 0 spiro atoms. The molecule has 1 amide bonds. The Morgan fingerprint density at radius 3 is 2.75 bits per heavy atom. The molecule has 0 saturated carbocycles. The first kappa shape index (κ1) is 11.3. The highest BCUT2D eigenvalue weighted by molar-refractivity contribution is 5.87. The molecule has 0 radical (unpaired) electrons. The number of rotatable bonds is 2. The molecule has 2 fully saturated rings. The van der Waals surface area contributed by atoms with Gasteiger partial charge in [-0.1, -0.05) is 0 Å². The smallest absolute Gasteiger partial charge is 0.326 e. The zero-order valence-electron chi connectivity index (χ0n) is 8.92. The molecule has 16 heavy (non-hydrogen) atoms. The van der Waals surface area contributed by atoms with Gasteiger partial charge in [-0.2, -0.15) is 0 Å². The van der Waals surface area contributed by atoms with Crippen LogP contribution in [0.2, 0.25) is 0 Å². The van der Waals surface area contributed by atoms with E-state index in [0.717, 1.165) is 6.42 Å². The van der Waals surface area contributed by atoms with Gasteiger partial charge >= 0.3 is 5.97 Å². The van der Waals surface area contributed by atoms with E-state index in [-0.39, 0.29) is 12.5 Å². The molecule has 0 aromatic heterocycles. The number of hydrogen-bond acceptors (Lipinski definition) is 4. The summed E-state index contributed by atoms with van der Waals surface area (Å²) in [5.74, 6) is -1.20. The van der Waals surface area contributed by atoms with Gasteiger partial charge in [0.25, 0.3) is 5.91 Å². The van der Waals surface area contributed by atoms with E-state index in [9.17, 15) is 9.59 Å². The average Bonchev–Trinajstić information content (AvgIpc) is 2.78. The number of carboxylic acids is 1. The van der Waals surface area contributed by atoms with E-state index in [1.54, 1.807) is 0 Å². The van der Waals surface area contributed by atoms with Crippen LogP contribution >= 0.6 is 0 Å². The van der Waals surface area contributed by atoms with Crippen LogP contribution in [0.15, 0.2) is 0 Å². The molecule has 1 unspecified atom stereocenters. The van der Waals surface area contributed by atoms with Crippen molar-refractivity contribution in [1.29, 1.82) is 0 Å². The molecule has 0 bridgehead atoms. The lowest BCUT2D eigenvalue weighted by Crippen LogP contribution is -2.49. The largest absolute Gasteiger partial charge is 0.480 e. The van der Waals surface area contributed by atoms with E-state index in [1.807, 2.05) is 0 Å². The molecule has 1 N–H and O–H groups in total. The molecule has 0 aromatic rings. The fraction of sp³-hybridized carbons (Fsp3) is 0.800. The molecule has 6 nitrogen and oxygen atoms in total. The van der Waals surface area contributed by atoms with Crippen LogP contribution in [0.1, 0.15) is 12.8 Å². The second-order valence-corrected chi connectivity index (χ2v) is 3.96. The van der Waals surface area contributed by atoms with Crippen LogP contribution in [0.4, 0.5) is 0 Å². The summed E-state index contributed by atoms with van der Waals surface area (Å²) in [7, 11) is 0. The van der Waals surface area contributed by atoms with Crippen molar-refractivity contribution in [1.82, 2.24) is 4.90 Å². The van der Waals surface area contributed by atoms with Crippen LogP contribution in [0.25, 0.3) is 0 Å². The fourth-order valence-corrected chi connectivity index (χ4v) is 2.10. The number of carbonyl (C=O) groups is 2.